The molecule has 0 heterocycles. The lowest BCUT2D eigenvalue weighted by molar-refractivity contribution is 0.0735. The molecule has 0 unspecified atom stereocenters. The normalized spacial score (nSPS) is 17.6. The maximum atomic E-state index is 13.9. The summed E-state index contributed by atoms with van der Waals surface area (Å²) in [5, 5.41) is 0.0175. The van der Waals surface area contributed by atoms with Gasteiger partial charge in [0.2, 0.25) is 0 Å². The van der Waals surface area contributed by atoms with Gasteiger partial charge in [-0.2, -0.15) is 0 Å². The number of hydrogen-bond acceptors (Lipinski definition) is 2. The zero-order valence-corrected chi connectivity index (χ0v) is 19.9. The van der Waals surface area contributed by atoms with Crippen molar-refractivity contribution in [3.8, 4) is 17.6 Å². The Morgan fingerprint density at radius 2 is 1.69 bits per heavy atom. The van der Waals surface area contributed by atoms with Crippen molar-refractivity contribution in [3.05, 3.63) is 77.1 Å². The molecule has 0 saturated heterocycles. The molecule has 1 aliphatic rings. The molecule has 2 nitrogen and oxygen atoms in total. The van der Waals surface area contributed by atoms with Crippen molar-refractivity contribution >= 4 is 16.7 Å². The third kappa shape index (κ3) is 6.25. The van der Waals surface area contributed by atoms with E-state index in [1.807, 2.05) is 0 Å². The number of benzene rings is 3. The summed E-state index contributed by atoms with van der Waals surface area (Å²) < 4.78 is 46.2. The molecule has 1 saturated carbocycles. The Morgan fingerprint density at radius 1 is 0.943 bits per heavy atom. The predicted octanol–water partition coefficient (Wildman–Crippen LogP) is 8.21. The molecule has 0 aliphatic heterocycles. The molecule has 1 fully saturated rings. The number of unbranched alkanes of at least 4 members (excludes halogenated alkanes) is 2. The van der Waals surface area contributed by atoms with E-state index in [0.717, 1.165) is 30.4 Å². The van der Waals surface area contributed by atoms with Crippen LogP contribution in [0.4, 0.5) is 13.2 Å². The highest BCUT2D eigenvalue weighted by Crippen LogP contribution is 2.32. The van der Waals surface area contributed by atoms with Gasteiger partial charge in [-0.15, -0.1) is 0 Å². The van der Waals surface area contributed by atoms with E-state index in [1.54, 1.807) is 24.3 Å². The van der Waals surface area contributed by atoms with Crippen LogP contribution in [0.15, 0.2) is 48.5 Å². The van der Waals surface area contributed by atoms with E-state index < -0.39 is 23.4 Å². The molecule has 1 aliphatic carbocycles. The highest BCUT2D eigenvalue weighted by Gasteiger charge is 2.19. The molecule has 4 rings (SSSR count). The molecule has 3 aromatic carbocycles. The summed E-state index contributed by atoms with van der Waals surface area (Å²) in [6, 6.07) is 11.6. The van der Waals surface area contributed by atoms with Gasteiger partial charge < -0.3 is 4.74 Å². The first-order chi connectivity index (χ1) is 16.9. The van der Waals surface area contributed by atoms with Crippen LogP contribution in [0.25, 0.3) is 10.8 Å². The van der Waals surface area contributed by atoms with E-state index >= 15 is 0 Å². The van der Waals surface area contributed by atoms with Crippen molar-refractivity contribution < 1.29 is 22.7 Å². The summed E-state index contributed by atoms with van der Waals surface area (Å²) in [7, 11) is 0. The molecule has 0 radical (unpaired) electrons. The van der Waals surface area contributed by atoms with Crippen molar-refractivity contribution in [2.24, 2.45) is 11.8 Å². The van der Waals surface area contributed by atoms with E-state index in [4.69, 9.17) is 4.74 Å². The summed E-state index contributed by atoms with van der Waals surface area (Å²) in [5.74, 6) is 3.32. The van der Waals surface area contributed by atoms with Crippen molar-refractivity contribution in [1.29, 1.82) is 0 Å². The number of hydrogen-bond donors (Lipinski definition) is 0. The summed E-state index contributed by atoms with van der Waals surface area (Å²) in [5.41, 5.74) is 1.17. The third-order valence-corrected chi connectivity index (χ3v) is 6.76. The summed E-state index contributed by atoms with van der Waals surface area (Å²) in [6.07, 6.45) is 10.1. The minimum absolute atomic E-state index is 0.0865. The van der Waals surface area contributed by atoms with Crippen LogP contribution in [0.3, 0.4) is 0 Å². The molecule has 0 bridgehead atoms. The fourth-order valence-corrected chi connectivity index (χ4v) is 4.67. The van der Waals surface area contributed by atoms with Gasteiger partial charge in [0.15, 0.2) is 17.5 Å². The lowest BCUT2D eigenvalue weighted by atomic mass is 9.80. The van der Waals surface area contributed by atoms with Crippen molar-refractivity contribution in [3.63, 3.8) is 0 Å². The Labute approximate surface area is 204 Å². The van der Waals surface area contributed by atoms with Crippen LogP contribution in [0.1, 0.15) is 74.2 Å². The predicted molar refractivity (Wildman–Crippen MR) is 132 cm³/mol. The Bertz CT molecular complexity index is 1250. The highest BCUT2D eigenvalue weighted by molar-refractivity contribution is 5.92. The number of esters is 1. The molecule has 0 aromatic heterocycles. The summed E-state index contributed by atoms with van der Waals surface area (Å²) >= 11 is 0. The van der Waals surface area contributed by atoms with Crippen molar-refractivity contribution in [2.45, 2.75) is 58.3 Å². The lowest BCUT2D eigenvalue weighted by Crippen LogP contribution is -2.13. The fourth-order valence-electron chi connectivity index (χ4n) is 4.67. The molecule has 0 amide bonds. The first-order valence-electron chi connectivity index (χ1n) is 12.4. The van der Waals surface area contributed by atoms with Crippen LogP contribution in [-0.2, 0) is 0 Å². The lowest BCUT2D eigenvalue weighted by Gasteiger charge is -2.25. The highest BCUT2D eigenvalue weighted by atomic mass is 19.2. The monoisotopic (exact) mass is 478 g/mol. The maximum Gasteiger partial charge on any atom is 0.343 e. The van der Waals surface area contributed by atoms with Crippen LogP contribution in [0.2, 0.25) is 0 Å². The van der Waals surface area contributed by atoms with Gasteiger partial charge in [-0.25, -0.2) is 18.0 Å². The van der Waals surface area contributed by atoms with Gasteiger partial charge in [0.1, 0.15) is 5.75 Å². The zero-order chi connectivity index (χ0) is 24.8. The molecule has 0 N–H and O–H groups in total. The fraction of sp³-hybridized carbons (Fsp3) is 0.367. The van der Waals surface area contributed by atoms with Gasteiger partial charge in [0.25, 0.3) is 0 Å². The van der Waals surface area contributed by atoms with Crippen LogP contribution in [-0.4, -0.2) is 5.97 Å². The molecule has 5 heteroatoms. The quantitative estimate of drug-likeness (QED) is 0.117. The number of ether oxygens (including phenoxy) is 1. The van der Waals surface area contributed by atoms with Gasteiger partial charge in [-0.3, -0.25) is 0 Å². The SMILES string of the molecule is CCCCCC1CCC(C#Cc2ccc(C(=O)Oc3ccc4c(F)c(F)c(F)cc4c3)cc2)CC1. The summed E-state index contributed by atoms with van der Waals surface area (Å²) in [6.45, 7) is 2.24. The second-order valence-corrected chi connectivity index (χ2v) is 9.32. The standard InChI is InChI=1S/C30H29F3O2/c1-2-3-4-5-20-6-8-21(9-7-20)10-11-22-12-14-23(15-13-22)30(34)35-25-16-17-26-24(18-25)19-27(31)29(33)28(26)32/h12-21H,2-9H2,1H3. The number of halogens is 3. The van der Waals surface area contributed by atoms with Crippen molar-refractivity contribution in [2.75, 3.05) is 0 Å². The second-order valence-electron chi connectivity index (χ2n) is 9.32. The number of rotatable bonds is 6. The molecule has 0 spiro atoms. The Hall–Kier alpha value is -3.26. The minimum Gasteiger partial charge on any atom is -0.423 e. The third-order valence-electron chi connectivity index (χ3n) is 6.76. The topological polar surface area (TPSA) is 26.3 Å². The first-order valence-corrected chi connectivity index (χ1v) is 12.4. The minimum atomic E-state index is -1.53. The Balaban J connectivity index is 1.34. The molecule has 3 aromatic rings. The van der Waals surface area contributed by atoms with Gasteiger partial charge in [-0.1, -0.05) is 44.4 Å². The second kappa shape index (κ2) is 11.4. The van der Waals surface area contributed by atoms with Gasteiger partial charge in [0, 0.05) is 16.9 Å². The van der Waals surface area contributed by atoms with Crippen LogP contribution in [0, 0.1) is 41.1 Å². The van der Waals surface area contributed by atoms with Gasteiger partial charge in [-0.05, 0) is 85.5 Å². The Morgan fingerprint density at radius 3 is 2.40 bits per heavy atom. The molecular formula is C30H29F3O2. The average molecular weight is 479 g/mol. The molecule has 0 atom stereocenters. The molecule has 182 valence electrons. The average Bonchev–Trinajstić information content (AvgIpc) is 2.87. The summed E-state index contributed by atoms with van der Waals surface area (Å²) in [4.78, 5) is 12.5. The van der Waals surface area contributed by atoms with E-state index in [-0.39, 0.29) is 16.5 Å². The smallest absolute Gasteiger partial charge is 0.343 e. The number of carbonyl (C=O) groups excluding carboxylic acids is 1. The number of carbonyl (C=O) groups is 1. The van der Waals surface area contributed by atoms with Crippen LogP contribution < -0.4 is 4.74 Å². The van der Waals surface area contributed by atoms with Crippen LogP contribution >= 0.6 is 0 Å². The van der Waals surface area contributed by atoms with Gasteiger partial charge in [0.05, 0.1) is 5.56 Å². The molecule has 35 heavy (non-hydrogen) atoms. The maximum absolute atomic E-state index is 13.9. The van der Waals surface area contributed by atoms with E-state index in [2.05, 4.69) is 18.8 Å². The van der Waals surface area contributed by atoms with Gasteiger partial charge >= 0.3 is 5.97 Å². The first kappa shape index (κ1) is 24.9. The van der Waals surface area contributed by atoms with E-state index in [0.29, 0.717) is 11.5 Å². The molecular weight excluding hydrogens is 449 g/mol. The van der Waals surface area contributed by atoms with Crippen molar-refractivity contribution in [1.82, 2.24) is 0 Å². The largest absolute Gasteiger partial charge is 0.423 e. The van der Waals surface area contributed by atoms with Crippen LogP contribution in [0.5, 0.6) is 5.75 Å². The van der Waals surface area contributed by atoms with E-state index in [9.17, 15) is 18.0 Å². The number of fused-ring (bicyclic) bond motifs is 1. The van der Waals surface area contributed by atoms with E-state index in [1.165, 1.54) is 56.7 Å². The zero-order valence-electron chi connectivity index (χ0n) is 19.9. The Kier molecular flexibility index (Phi) is 8.13.